The fourth-order valence-electron chi connectivity index (χ4n) is 1.94. The molecular weight excluding hydrogens is 314 g/mol. The third-order valence-corrected chi connectivity index (χ3v) is 3.99. The third-order valence-electron chi connectivity index (χ3n) is 3.02. The second kappa shape index (κ2) is 8.19. The van der Waals surface area contributed by atoms with Gasteiger partial charge >= 0.3 is 0 Å². The lowest BCUT2D eigenvalue weighted by Gasteiger charge is -2.07. The Bertz CT molecular complexity index is 729. The van der Waals surface area contributed by atoms with Gasteiger partial charge < -0.3 is 9.73 Å². The molecule has 2 heterocycles. The van der Waals surface area contributed by atoms with Crippen LogP contribution in [0.15, 0.2) is 34.6 Å². The number of hydrogen-bond acceptors (Lipinski definition) is 6. The van der Waals surface area contributed by atoms with Gasteiger partial charge in [0.15, 0.2) is 11.0 Å². The van der Waals surface area contributed by atoms with Crippen molar-refractivity contribution in [1.82, 2.24) is 20.1 Å². The molecule has 1 N–H and O–H groups in total. The average Bonchev–Trinajstić information content (AvgIpc) is 3.12. The average molecular weight is 331 g/mol. The lowest BCUT2D eigenvalue weighted by molar-refractivity contribution is -0.118. The van der Waals surface area contributed by atoms with Gasteiger partial charge in [-0.15, -0.1) is 16.8 Å². The number of rotatable bonds is 8. The maximum absolute atomic E-state index is 11.7. The molecule has 0 saturated carbocycles. The number of nitrogens with one attached hydrogen (secondary N) is 1. The van der Waals surface area contributed by atoms with Crippen LogP contribution >= 0.6 is 11.8 Å². The minimum atomic E-state index is -0.139. The predicted octanol–water partition coefficient (Wildman–Crippen LogP) is 2.15. The lowest BCUT2D eigenvalue weighted by atomic mass is 10.2. The second-order valence-corrected chi connectivity index (χ2v) is 5.59. The molecule has 0 aliphatic carbocycles. The summed E-state index contributed by atoms with van der Waals surface area (Å²) in [5.74, 6) is 1.52. The molecule has 8 heteroatoms. The maximum Gasteiger partial charge on any atom is 0.230 e. The fourth-order valence-corrected chi connectivity index (χ4v) is 2.72. The Morgan fingerprint density at radius 3 is 3.09 bits per heavy atom. The maximum atomic E-state index is 11.7. The molecule has 0 unspecified atom stereocenters. The topological polar surface area (TPSA) is 96.7 Å². The van der Waals surface area contributed by atoms with Gasteiger partial charge in [-0.05, 0) is 13.0 Å². The monoisotopic (exact) mass is 331 g/mol. The minimum absolute atomic E-state index is 0.139. The molecule has 1 amide bonds. The van der Waals surface area contributed by atoms with E-state index in [0.29, 0.717) is 30.5 Å². The van der Waals surface area contributed by atoms with E-state index in [-0.39, 0.29) is 11.7 Å². The highest BCUT2D eigenvalue weighted by Crippen LogP contribution is 2.26. The molecule has 7 nitrogen and oxygen atoms in total. The number of nitriles is 1. The van der Waals surface area contributed by atoms with Crippen molar-refractivity contribution < 1.29 is 9.21 Å². The van der Waals surface area contributed by atoms with Crippen LogP contribution in [-0.4, -0.2) is 33.0 Å². The third kappa shape index (κ3) is 4.23. The first-order chi connectivity index (χ1) is 11.2. The SMILES string of the molecule is C=CCn1c(SCC(=O)NCCC#N)nnc1-c1ccoc1C. The summed E-state index contributed by atoms with van der Waals surface area (Å²) in [6.07, 6.45) is 3.65. The molecule has 0 bridgehead atoms. The van der Waals surface area contributed by atoms with E-state index in [4.69, 9.17) is 9.68 Å². The number of carbonyl (C=O) groups excluding carboxylic acids is 1. The highest BCUT2D eigenvalue weighted by atomic mass is 32.2. The zero-order valence-corrected chi connectivity index (χ0v) is 13.6. The first kappa shape index (κ1) is 16.8. The van der Waals surface area contributed by atoms with Gasteiger partial charge in [0.1, 0.15) is 5.76 Å². The van der Waals surface area contributed by atoms with Crippen LogP contribution in [0.2, 0.25) is 0 Å². The molecule has 2 aromatic rings. The van der Waals surface area contributed by atoms with Crippen molar-refractivity contribution in [3.63, 3.8) is 0 Å². The molecule has 2 aromatic heterocycles. The molecule has 0 aliphatic rings. The van der Waals surface area contributed by atoms with Crippen molar-refractivity contribution >= 4 is 17.7 Å². The summed E-state index contributed by atoms with van der Waals surface area (Å²) in [5, 5.41) is 20.1. The zero-order chi connectivity index (χ0) is 16.7. The predicted molar refractivity (Wildman–Crippen MR) is 86.6 cm³/mol. The largest absolute Gasteiger partial charge is 0.469 e. The second-order valence-electron chi connectivity index (χ2n) is 4.64. The van der Waals surface area contributed by atoms with Crippen LogP contribution in [0, 0.1) is 18.3 Å². The molecule has 0 fully saturated rings. The van der Waals surface area contributed by atoms with Crippen molar-refractivity contribution in [2.24, 2.45) is 0 Å². The van der Waals surface area contributed by atoms with Crippen LogP contribution in [-0.2, 0) is 11.3 Å². The van der Waals surface area contributed by atoms with Gasteiger partial charge in [-0.2, -0.15) is 5.26 Å². The summed E-state index contributed by atoms with van der Waals surface area (Å²) in [7, 11) is 0. The van der Waals surface area contributed by atoms with Crippen molar-refractivity contribution in [3.05, 3.63) is 30.7 Å². The Hall–Kier alpha value is -2.53. The standard InChI is InChI=1S/C15H17N5O2S/c1-3-8-20-14(12-5-9-22-11(12)2)18-19-15(20)23-10-13(21)17-7-4-6-16/h3,5,9H,1,4,7-8,10H2,2H3,(H,17,21). The smallest absolute Gasteiger partial charge is 0.230 e. The minimum Gasteiger partial charge on any atom is -0.469 e. The van der Waals surface area contributed by atoms with Crippen LogP contribution in [0.25, 0.3) is 11.4 Å². The Balaban J connectivity index is 2.09. The zero-order valence-electron chi connectivity index (χ0n) is 12.8. The molecule has 120 valence electrons. The highest BCUT2D eigenvalue weighted by Gasteiger charge is 2.17. The number of aromatic nitrogens is 3. The van der Waals surface area contributed by atoms with E-state index >= 15 is 0 Å². The normalized spacial score (nSPS) is 10.3. The van der Waals surface area contributed by atoms with E-state index in [1.54, 1.807) is 12.3 Å². The van der Waals surface area contributed by atoms with Gasteiger partial charge in [0.05, 0.1) is 30.1 Å². The molecule has 0 radical (unpaired) electrons. The molecule has 0 saturated heterocycles. The van der Waals surface area contributed by atoms with Crippen LogP contribution in [0.4, 0.5) is 0 Å². The molecule has 0 aromatic carbocycles. The van der Waals surface area contributed by atoms with E-state index in [9.17, 15) is 4.79 Å². The van der Waals surface area contributed by atoms with Crippen LogP contribution in [0.1, 0.15) is 12.2 Å². The summed E-state index contributed by atoms with van der Waals surface area (Å²) in [4.78, 5) is 11.7. The number of carbonyl (C=O) groups is 1. The van der Waals surface area contributed by atoms with Gasteiger partial charge in [0.2, 0.25) is 5.91 Å². The number of thioether (sulfide) groups is 1. The van der Waals surface area contributed by atoms with Gasteiger partial charge in [0, 0.05) is 13.1 Å². The van der Waals surface area contributed by atoms with Crippen LogP contribution in [0.5, 0.6) is 0 Å². The first-order valence-corrected chi connectivity index (χ1v) is 8.01. The molecule has 0 aliphatic heterocycles. The summed E-state index contributed by atoms with van der Waals surface area (Å²) in [6.45, 7) is 6.50. The molecular formula is C15H17N5O2S. The first-order valence-electron chi connectivity index (χ1n) is 7.02. The van der Waals surface area contributed by atoms with Gasteiger partial charge in [0.25, 0.3) is 0 Å². The van der Waals surface area contributed by atoms with Gasteiger partial charge in [-0.25, -0.2) is 0 Å². The Labute approximate surface area is 138 Å². The van der Waals surface area contributed by atoms with Gasteiger partial charge in [-0.1, -0.05) is 17.8 Å². The van der Waals surface area contributed by atoms with E-state index < -0.39 is 0 Å². The lowest BCUT2D eigenvalue weighted by Crippen LogP contribution is -2.26. The summed E-state index contributed by atoms with van der Waals surface area (Å²) < 4.78 is 7.20. The van der Waals surface area contributed by atoms with E-state index in [1.807, 2.05) is 23.6 Å². The fraction of sp³-hybridized carbons (Fsp3) is 0.333. The number of aryl methyl sites for hydroxylation is 1. The van der Waals surface area contributed by atoms with Crippen molar-refractivity contribution in [1.29, 1.82) is 5.26 Å². The molecule has 0 atom stereocenters. The number of amides is 1. The number of allylic oxidation sites excluding steroid dienone is 1. The van der Waals surface area contributed by atoms with Crippen molar-refractivity contribution in [3.8, 4) is 17.5 Å². The Morgan fingerprint density at radius 2 is 2.43 bits per heavy atom. The number of hydrogen-bond donors (Lipinski definition) is 1. The summed E-state index contributed by atoms with van der Waals surface area (Å²) in [5.41, 5.74) is 0.865. The summed E-state index contributed by atoms with van der Waals surface area (Å²) in [6, 6.07) is 3.81. The van der Waals surface area contributed by atoms with E-state index in [1.165, 1.54) is 11.8 Å². The van der Waals surface area contributed by atoms with Crippen LogP contribution < -0.4 is 5.32 Å². The number of nitrogens with zero attached hydrogens (tertiary/aromatic N) is 4. The van der Waals surface area contributed by atoms with E-state index in [2.05, 4.69) is 22.1 Å². The Kier molecular flexibility index (Phi) is 6.00. The molecule has 2 rings (SSSR count). The van der Waals surface area contributed by atoms with Crippen LogP contribution in [0.3, 0.4) is 0 Å². The molecule has 23 heavy (non-hydrogen) atoms. The summed E-state index contributed by atoms with van der Waals surface area (Å²) >= 11 is 1.29. The van der Waals surface area contributed by atoms with E-state index in [0.717, 1.165) is 11.3 Å². The Morgan fingerprint density at radius 1 is 1.61 bits per heavy atom. The van der Waals surface area contributed by atoms with Gasteiger partial charge in [-0.3, -0.25) is 9.36 Å². The quantitative estimate of drug-likeness (QED) is 0.452. The molecule has 0 spiro atoms. The van der Waals surface area contributed by atoms with Crippen molar-refractivity contribution in [2.75, 3.05) is 12.3 Å². The van der Waals surface area contributed by atoms with Crippen molar-refractivity contribution in [2.45, 2.75) is 25.0 Å². The number of furan rings is 1. The highest BCUT2D eigenvalue weighted by molar-refractivity contribution is 7.99.